The van der Waals surface area contributed by atoms with Crippen molar-refractivity contribution < 1.29 is 9.90 Å². The molecule has 202 valence electrons. The highest BCUT2D eigenvalue weighted by molar-refractivity contribution is 5.94. The van der Waals surface area contributed by atoms with Crippen LogP contribution in [0.15, 0.2) is 42.5 Å². The van der Waals surface area contributed by atoms with Crippen LogP contribution in [-0.4, -0.2) is 63.6 Å². The second-order valence-electron chi connectivity index (χ2n) is 11.2. The van der Waals surface area contributed by atoms with E-state index in [1.807, 2.05) is 37.1 Å². The largest absolute Gasteiger partial charge is 0.508 e. The Balaban J connectivity index is 1.54. The van der Waals surface area contributed by atoms with Crippen molar-refractivity contribution in [3.8, 4) is 5.75 Å². The number of carbonyl (C=O) groups excluding carboxylic acids is 1. The fourth-order valence-electron chi connectivity index (χ4n) is 4.60. The minimum absolute atomic E-state index is 0.0507. The zero-order valence-corrected chi connectivity index (χ0v) is 22.8. The lowest BCUT2D eigenvalue weighted by molar-refractivity contribution is 0.100. The van der Waals surface area contributed by atoms with Crippen LogP contribution < -0.4 is 21.3 Å². The van der Waals surface area contributed by atoms with E-state index >= 15 is 0 Å². The van der Waals surface area contributed by atoms with Crippen molar-refractivity contribution in [1.82, 2.24) is 19.9 Å². The van der Waals surface area contributed by atoms with Crippen LogP contribution in [0.4, 0.5) is 23.5 Å². The fraction of sp³-hybridized carbons (Fsp3) is 0.429. The van der Waals surface area contributed by atoms with E-state index in [1.54, 1.807) is 24.3 Å². The quantitative estimate of drug-likeness (QED) is 0.333. The van der Waals surface area contributed by atoms with Gasteiger partial charge in [-0.3, -0.25) is 9.69 Å². The summed E-state index contributed by atoms with van der Waals surface area (Å²) in [5.74, 6) is 1.23. The number of benzene rings is 2. The summed E-state index contributed by atoms with van der Waals surface area (Å²) < 4.78 is 0. The van der Waals surface area contributed by atoms with Gasteiger partial charge in [-0.15, -0.1) is 0 Å². The van der Waals surface area contributed by atoms with Crippen molar-refractivity contribution in [3.63, 3.8) is 0 Å². The fourth-order valence-corrected chi connectivity index (χ4v) is 4.60. The van der Waals surface area contributed by atoms with E-state index in [9.17, 15) is 9.90 Å². The van der Waals surface area contributed by atoms with Gasteiger partial charge in [0, 0.05) is 50.5 Å². The topological polar surface area (TPSA) is 133 Å². The number of nitrogens with two attached hydrogens (primary N) is 1. The molecule has 2 heterocycles. The molecule has 1 aliphatic rings. The Labute approximate surface area is 224 Å². The average molecular weight is 519 g/mol. The van der Waals surface area contributed by atoms with Gasteiger partial charge in [-0.1, -0.05) is 39.0 Å². The van der Waals surface area contributed by atoms with Gasteiger partial charge in [0.05, 0.1) is 0 Å². The van der Waals surface area contributed by atoms with Crippen molar-refractivity contribution in [3.05, 3.63) is 59.2 Å². The van der Waals surface area contributed by atoms with E-state index in [-0.39, 0.29) is 17.2 Å². The maximum Gasteiger partial charge on any atom is 0.248 e. The molecule has 4 rings (SSSR count). The van der Waals surface area contributed by atoms with E-state index in [2.05, 4.69) is 46.3 Å². The zero-order valence-electron chi connectivity index (χ0n) is 22.8. The number of amides is 1. The Morgan fingerprint density at radius 1 is 1.13 bits per heavy atom. The molecule has 38 heavy (non-hydrogen) atoms. The molecule has 0 aliphatic carbocycles. The molecule has 0 bridgehead atoms. The maximum absolute atomic E-state index is 11.7. The van der Waals surface area contributed by atoms with Crippen molar-refractivity contribution in [2.24, 2.45) is 11.1 Å². The van der Waals surface area contributed by atoms with Crippen LogP contribution in [0, 0.1) is 12.3 Å². The van der Waals surface area contributed by atoms with E-state index in [1.165, 1.54) is 0 Å². The molecule has 1 amide bonds. The molecule has 10 heteroatoms. The monoisotopic (exact) mass is 518 g/mol. The van der Waals surface area contributed by atoms with Gasteiger partial charge in [-0.25, -0.2) is 0 Å². The second-order valence-corrected chi connectivity index (χ2v) is 11.2. The minimum Gasteiger partial charge on any atom is -0.508 e. The van der Waals surface area contributed by atoms with Gasteiger partial charge in [-0.05, 0) is 54.2 Å². The predicted octanol–water partition coefficient (Wildman–Crippen LogP) is 3.90. The van der Waals surface area contributed by atoms with Gasteiger partial charge in [0.1, 0.15) is 5.75 Å². The Hall–Kier alpha value is -3.92. The number of primary amides is 1. The van der Waals surface area contributed by atoms with Crippen molar-refractivity contribution in [2.45, 2.75) is 46.7 Å². The summed E-state index contributed by atoms with van der Waals surface area (Å²) in [6.45, 7) is 11.8. The maximum atomic E-state index is 11.7. The molecule has 0 spiro atoms. The molecule has 0 unspecified atom stereocenters. The smallest absolute Gasteiger partial charge is 0.248 e. The van der Waals surface area contributed by atoms with Crippen LogP contribution in [0.2, 0.25) is 0 Å². The molecule has 0 radical (unpaired) electrons. The van der Waals surface area contributed by atoms with Gasteiger partial charge in [0.15, 0.2) is 0 Å². The molecule has 10 nitrogen and oxygen atoms in total. The lowest BCUT2D eigenvalue weighted by Crippen LogP contribution is -2.31. The van der Waals surface area contributed by atoms with Gasteiger partial charge >= 0.3 is 0 Å². The molecule has 0 saturated carbocycles. The van der Waals surface area contributed by atoms with Gasteiger partial charge < -0.3 is 26.4 Å². The Morgan fingerprint density at radius 3 is 2.53 bits per heavy atom. The third-order valence-corrected chi connectivity index (χ3v) is 6.39. The summed E-state index contributed by atoms with van der Waals surface area (Å²) in [6.07, 6.45) is 0.958. The van der Waals surface area contributed by atoms with Crippen LogP contribution in [0.5, 0.6) is 5.75 Å². The molecule has 1 fully saturated rings. The van der Waals surface area contributed by atoms with Gasteiger partial charge in [-0.2, -0.15) is 15.0 Å². The van der Waals surface area contributed by atoms with Crippen LogP contribution >= 0.6 is 0 Å². The predicted molar refractivity (Wildman–Crippen MR) is 151 cm³/mol. The lowest BCUT2D eigenvalue weighted by Gasteiger charge is -2.27. The Morgan fingerprint density at radius 2 is 1.84 bits per heavy atom. The zero-order chi connectivity index (χ0) is 27.4. The number of nitrogens with one attached hydrogen (secondary N) is 2. The first-order chi connectivity index (χ1) is 17.9. The standard InChI is InChI=1S/C28H38N8O2/c1-18-6-9-20(24(29)38)14-23(18)31-26-32-25(33-27(34-26)35(5)17-28(2,3)4)30-21-12-13-36(16-21)15-19-7-10-22(37)11-8-19/h6-11,14,21,37H,12-13,15-17H2,1-5H3,(H2,29,38)(H2,30,31,32,33,34)/t21-/m0/s1. The number of hydrogen-bond donors (Lipinski definition) is 4. The first kappa shape index (κ1) is 27.1. The summed E-state index contributed by atoms with van der Waals surface area (Å²) in [5, 5.41) is 16.3. The molecule has 1 aliphatic heterocycles. The number of hydrogen-bond acceptors (Lipinski definition) is 9. The summed E-state index contributed by atoms with van der Waals surface area (Å²) in [4.78, 5) is 30.2. The van der Waals surface area contributed by atoms with Gasteiger partial charge in [0.25, 0.3) is 0 Å². The normalized spacial score (nSPS) is 15.9. The molecule has 3 aromatic rings. The summed E-state index contributed by atoms with van der Waals surface area (Å²) in [7, 11) is 1.97. The number of phenols is 1. The second kappa shape index (κ2) is 11.2. The summed E-state index contributed by atoms with van der Waals surface area (Å²) in [6, 6.07) is 12.8. The molecular weight excluding hydrogens is 480 g/mol. The van der Waals surface area contributed by atoms with E-state index in [0.29, 0.717) is 29.1 Å². The van der Waals surface area contributed by atoms with E-state index < -0.39 is 5.91 Å². The molecule has 1 saturated heterocycles. The molecule has 2 aromatic carbocycles. The number of likely N-dealkylation sites (tertiary alicyclic amines) is 1. The molecule has 5 N–H and O–H groups in total. The molecule has 1 aromatic heterocycles. The summed E-state index contributed by atoms with van der Waals surface area (Å²) in [5.41, 5.74) is 8.77. The number of aryl methyl sites for hydroxylation is 1. The number of nitrogens with zero attached hydrogens (tertiary/aromatic N) is 5. The minimum atomic E-state index is -0.491. The highest BCUT2D eigenvalue weighted by atomic mass is 16.3. The highest BCUT2D eigenvalue weighted by Gasteiger charge is 2.24. The first-order valence-electron chi connectivity index (χ1n) is 12.9. The number of carbonyl (C=O) groups is 1. The van der Waals surface area contributed by atoms with E-state index in [0.717, 1.165) is 43.7 Å². The number of rotatable bonds is 9. The molecular formula is C28H38N8O2. The van der Waals surface area contributed by atoms with Crippen molar-refractivity contribution >= 4 is 29.4 Å². The van der Waals surface area contributed by atoms with E-state index in [4.69, 9.17) is 10.7 Å². The lowest BCUT2D eigenvalue weighted by atomic mass is 9.96. The van der Waals surface area contributed by atoms with Crippen LogP contribution in [0.25, 0.3) is 0 Å². The number of anilines is 4. The number of aromatic hydroxyl groups is 1. The van der Waals surface area contributed by atoms with Gasteiger partial charge in [0.2, 0.25) is 23.8 Å². The SMILES string of the molecule is Cc1ccc(C(N)=O)cc1Nc1nc(N[C@H]2CCN(Cc3ccc(O)cc3)C2)nc(N(C)CC(C)(C)C)n1. The van der Waals surface area contributed by atoms with Crippen LogP contribution in [0.3, 0.4) is 0 Å². The molecule has 1 atom stereocenters. The highest BCUT2D eigenvalue weighted by Crippen LogP contribution is 2.25. The van der Waals surface area contributed by atoms with Crippen molar-refractivity contribution in [1.29, 1.82) is 0 Å². The number of aromatic nitrogens is 3. The number of phenolic OH excluding ortho intramolecular Hbond substituents is 1. The third kappa shape index (κ3) is 7.32. The third-order valence-electron chi connectivity index (χ3n) is 6.39. The first-order valence-corrected chi connectivity index (χ1v) is 12.9. The Bertz CT molecular complexity index is 1270. The Kier molecular flexibility index (Phi) is 8.01. The van der Waals surface area contributed by atoms with Crippen LogP contribution in [-0.2, 0) is 6.54 Å². The van der Waals surface area contributed by atoms with Crippen LogP contribution in [0.1, 0.15) is 48.7 Å². The summed E-state index contributed by atoms with van der Waals surface area (Å²) >= 11 is 0. The average Bonchev–Trinajstić information content (AvgIpc) is 3.27. The van der Waals surface area contributed by atoms with Crippen molar-refractivity contribution in [2.75, 3.05) is 42.2 Å².